The monoisotopic (exact) mass is 278 g/mol. The molecule has 1 aromatic rings. The SMILES string of the molecule is CSC1CCCC1N(C)C(=O)C(N)c1ccccc1. The number of nitrogens with zero attached hydrogens (tertiary/aromatic N) is 1. The van der Waals surface area contributed by atoms with Crippen LogP contribution in [0.15, 0.2) is 30.3 Å². The van der Waals surface area contributed by atoms with Gasteiger partial charge in [-0.15, -0.1) is 0 Å². The van der Waals surface area contributed by atoms with Gasteiger partial charge in [-0.3, -0.25) is 4.79 Å². The summed E-state index contributed by atoms with van der Waals surface area (Å²) < 4.78 is 0. The normalized spacial score (nSPS) is 24.2. The van der Waals surface area contributed by atoms with E-state index in [1.807, 2.05) is 54.0 Å². The van der Waals surface area contributed by atoms with Gasteiger partial charge in [0.2, 0.25) is 5.91 Å². The summed E-state index contributed by atoms with van der Waals surface area (Å²) in [6.07, 6.45) is 5.62. The van der Waals surface area contributed by atoms with Gasteiger partial charge in [0.25, 0.3) is 0 Å². The highest BCUT2D eigenvalue weighted by Gasteiger charge is 2.34. The van der Waals surface area contributed by atoms with Crippen molar-refractivity contribution in [3.05, 3.63) is 35.9 Å². The number of hydrogen-bond donors (Lipinski definition) is 1. The standard InChI is InChI=1S/C15H22N2OS/c1-17(12-9-6-10-13(12)19-2)15(18)14(16)11-7-4-3-5-8-11/h3-5,7-8,12-14H,6,9-10,16H2,1-2H3. The molecular formula is C15H22N2OS. The summed E-state index contributed by atoms with van der Waals surface area (Å²) in [5.74, 6) is 0.0251. The molecule has 104 valence electrons. The molecule has 0 aromatic heterocycles. The Labute approximate surface area is 119 Å². The summed E-state index contributed by atoms with van der Waals surface area (Å²) in [4.78, 5) is 14.4. The third-order valence-corrected chi connectivity index (χ3v) is 5.15. The van der Waals surface area contributed by atoms with E-state index >= 15 is 0 Å². The smallest absolute Gasteiger partial charge is 0.244 e. The van der Waals surface area contributed by atoms with Crippen LogP contribution in [0, 0.1) is 0 Å². The van der Waals surface area contributed by atoms with Gasteiger partial charge in [0.05, 0.1) is 0 Å². The van der Waals surface area contributed by atoms with Gasteiger partial charge in [0.15, 0.2) is 0 Å². The van der Waals surface area contributed by atoms with Gasteiger partial charge in [-0.05, 0) is 24.7 Å². The van der Waals surface area contributed by atoms with E-state index < -0.39 is 6.04 Å². The van der Waals surface area contributed by atoms with Crippen molar-refractivity contribution in [3.63, 3.8) is 0 Å². The van der Waals surface area contributed by atoms with Crippen molar-refractivity contribution in [2.45, 2.75) is 36.6 Å². The van der Waals surface area contributed by atoms with Gasteiger partial charge in [-0.1, -0.05) is 36.8 Å². The minimum atomic E-state index is -0.547. The fourth-order valence-electron chi connectivity index (χ4n) is 2.81. The summed E-state index contributed by atoms with van der Waals surface area (Å²) in [6.45, 7) is 0. The van der Waals surface area contributed by atoms with E-state index in [1.54, 1.807) is 0 Å². The second-order valence-corrected chi connectivity index (χ2v) is 6.19. The summed E-state index contributed by atoms with van der Waals surface area (Å²) in [5, 5.41) is 0.553. The summed E-state index contributed by atoms with van der Waals surface area (Å²) in [7, 11) is 1.89. The summed E-state index contributed by atoms with van der Waals surface area (Å²) in [6, 6.07) is 9.39. The number of benzene rings is 1. The largest absolute Gasteiger partial charge is 0.340 e. The number of hydrogen-bond acceptors (Lipinski definition) is 3. The number of nitrogens with two attached hydrogens (primary N) is 1. The van der Waals surface area contributed by atoms with Gasteiger partial charge in [-0.25, -0.2) is 0 Å². The zero-order valence-corrected chi connectivity index (χ0v) is 12.4. The first-order chi connectivity index (χ1) is 9.15. The Morgan fingerprint density at radius 3 is 2.68 bits per heavy atom. The van der Waals surface area contributed by atoms with E-state index in [2.05, 4.69) is 6.26 Å². The lowest BCUT2D eigenvalue weighted by Crippen LogP contribution is -2.44. The molecule has 4 heteroatoms. The van der Waals surface area contributed by atoms with E-state index in [0.717, 1.165) is 12.0 Å². The molecule has 3 unspecified atom stereocenters. The molecule has 19 heavy (non-hydrogen) atoms. The molecule has 0 aliphatic heterocycles. The van der Waals surface area contributed by atoms with Crippen molar-refractivity contribution in [1.82, 2.24) is 4.90 Å². The van der Waals surface area contributed by atoms with Crippen molar-refractivity contribution < 1.29 is 4.79 Å². The van der Waals surface area contributed by atoms with Crippen molar-refractivity contribution in [2.24, 2.45) is 5.73 Å². The second-order valence-electron chi connectivity index (χ2n) is 5.11. The molecule has 1 saturated carbocycles. The number of amides is 1. The quantitative estimate of drug-likeness (QED) is 0.920. The second kappa shape index (κ2) is 6.44. The Bertz CT molecular complexity index is 423. The maximum atomic E-state index is 12.5. The zero-order chi connectivity index (χ0) is 13.8. The zero-order valence-electron chi connectivity index (χ0n) is 11.6. The number of carbonyl (C=O) groups excluding carboxylic acids is 1. The predicted molar refractivity (Wildman–Crippen MR) is 81.1 cm³/mol. The molecule has 0 bridgehead atoms. The Morgan fingerprint density at radius 1 is 1.37 bits per heavy atom. The van der Waals surface area contributed by atoms with Gasteiger partial charge in [-0.2, -0.15) is 11.8 Å². The van der Waals surface area contributed by atoms with Crippen LogP contribution in [0.3, 0.4) is 0 Å². The first-order valence-corrected chi connectivity index (χ1v) is 8.04. The van der Waals surface area contributed by atoms with Gasteiger partial charge < -0.3 is 10.6 Å². The van der Waals surface area contributed by atoms with Crippen molar-refractivity contribution in [3.8, 4) is 0 Å². The topological polar surface area (TPSA) is 46.3 Å². The molecule has 1 amide bonds. The summed E-state index contributed by atoms with van der Waals surface area (Å²) >= 11 is 1.86. The van der Waals surface area contributed by atoms with Crippen LogP contribution in [-0.4, -0.2) is 35.4 Å². The van der Waals surface area contributed by atoms with Crippen molar-refractivity contribution in [1.29, 1.82) is 0 Å². The highest BCUT2D eigenvalue weighted by atomic mass is 32.2. The van der Waals surface area contributed by atoms with Crippen LogP contribution in [-0.2, 0) is 4.79 Å². The highest BCUT2D eigenvalue weighted by Crippen LogP contribution is 2.32. The average Bonchev–Trinajstić information content (AvgIpc) is 2.94. The van der Waals surface area contributed by atoms with Gasteiger partial charge in [0, 0.05) is 18.3 Å². The Balaban J connectivity index is 2.07. The van der Waals surface area contributed by atoms with Crippen molar-refractivity contribution in [2.75, 3.05) is 13.3 Å². The van der Waals surface area contributed by atoms with Gasteiger partial charge >= 0.3 is 0 Å². The molecule has 0 saturated heterocycles. The van der Waals surface area contributed by atoms with Crippen LogP contribution in [0.2, 0.25) is 0 Å². The molecule has 2 N–H and O–H groups in total. The fourth-order valence-corrected chi connectivity index (χ4v) is 3.85. The minimum absolute atomic E-state index is 0.0251. The molecule has 1 fully saturated rings. The lowest BCUT2D eigenvalue weighted by molar-refractivity contribution is -0.133. The van der Waals surface area contributed by atoms with E-state index in [1.165, 1.54) is 12.8 Å². The Kier molecular flexibility index (Phi) is 4.88. The predicted octanol–water partition coefficient (Wildman–Crippen LogP) is 2.43. The average molecular weight is 278 g/mol. The van der Waals surface area contributed by atoms with Crippen LogP contribution in [0.25, 0.3) is 0 Å². The number of rotatable bonds is 4. The van der Waals surface area contributed by atoms with Crippen LogP contribution < -0.4 is 5.73 Å². The third-order valence-electron chi connectivity index (χ3n) is 3.99. The van der Waals surface area contributed by atoms with Crippen LogP contribution in [0.1, 0.15) is 30.9 Å². The molecule has 0 heterocycles. The maximum Gasteiger partial charge on any atom is 0.244 e. The van der Waals surface area contributed by atoms with Crippen LogP contribution in [0.5, 0.6) is 0 Å². The molecule has 0 radical (unpaired) electrons. The molecule has 2 rings (SSSR count). The molecule has 1 aromatic carbocycles. The van der Waals surface area contributed by atoms with Crippen LogP contribution >= 0.6 is 11.8 Å². The summed E-state index contributed by atoms with van der Waals surface area (Å²) in [5.41, 5.74) is 6.98. The van der Waals surface area contributed by atoms with E-state index in [-0.39, 0.29) is 5.91 Å². The Hall–Kier alpha value is -1.00. The van der Waals surface area contributed by atoms with E-state index in [9.17, 15) is 4.79 Å². The van der Waals surface area contributed by atoms with E-state index in [0.29, 0.717) is 11.3 Å². The first kappa shape index (κ1) is 14.4. The fraction of sp³-hybridized carbons (Fsp3) is 0.533. The number of carbonyl (C=O) groups is 1. The molecule has 3 atom stereocenters. The highest BCUT2D eigenvalue weighted by molar-refractivity contribution is 7.99. The Morgan fingerprint density at radius 2 is 2.05 bits per heavy atom. The molecule has 3 nitrogen and oxygen atoms in total. The number of thioether (sulfide) groups is 1. The van der Waals surface area contributed by atoms with Crippen LogP contribution in [0.4, 0.5) is 0 Å². The molecule has 1 aliphatic rings. The van der Waals surface area contributed by atoms with Gasteiger partial charge in [0.1, 0.15) is 6.04 Å². The maximum absolute atomic E-state index is 12.5. The molecule has 0 spiro atoms. The van der Waals surface area contributed by atoms with E-state index in [4.69, 9.17) is 5.73 Å². The first-order valence-electron chi connectivity index (χ1n) is 6.75. The minimum Gasteiger partial charge on any atom is -0.340 e. The lowest BCUT2D eigenvalue weighted by Gasteiger charge is -2.31. The van der Waals surface area contributed by atoms with Crippen molar-refractivity contribution >= 4 is 17.7 Å². The molecule has 1 aliphatic carbocycles. The lowest BCUT2D eigenvalue weighted by atomic mass is 10.1. The number of likely N-dealkylation sites (N-methyl/N-ethyl adjacent to an activating group) is 1. The third kappa shape index (κ3) is 3.12. The molecular weight excluding hydrogens is 256 g/mol.